The van der Waals surface area contributed by atoms with Crippen LogP contribution in [0.1, 0.15) is 25.0 Å². The number of thioether (sulfide) groups is 1. The van der Waals surface area contributed by atoms with E-state index < -0.39 is 11.2 Å². The molecule has 1 saturated heterocycles. The van der Waals surface area contributed by atoms with Gasteiger partial charge in [0.1, 0.15) is 11.0 Å². The lowest BCUT2D eigenvalue weighted by molar-refractivity contribution is -0.137. The first-order valence-corrected chi connectivity index (χ1v) is 8.03. The molecule has 10 heteroatoms. The minimum absolute atomic E-state index is 0.00943. The lowest BCUT2D eigenvalue weighted by Crippen LogP contribution is -2.31. The number of carboxylic acids is 1. The van der Waals surface area contributed by atoms with E-state index in [0.29, 0.717) is 17.3 Å². The van der Waals surface area contributed by atoms with E-state index in [1.54, 1.807) is 12.1 Å². The highest BCUT2D eigenvalue weighted by atomic mass is 32.2. The summed E-state index contributed by atoms with van der Waals surface area (Å²) in [6.07, 6.45) is 3.24. The minimum Gasteiger partial charge on any atom is -0.481 e. The molecule has 1 fully saturated rings. The van der Waals surface area contributed by atoms with Crippen molar-refractivity contribution < 1.29 is 23.9 Å². The average molecular weight is 352 g/mol. The highest BCUT2D eigenvalue weighted by molar-refractivity contribution is 8.15. The molecule has 2 amide bonds. The van der Waals surface area contributed by atoms with E-state index in [9.17, 15) is 14.4 Å². The summed E-state index contributed by atoms with van der Waals surface area (Å²) in [5.74, 6) is -1.00. The van der Waals surface area contributed by atoms with E-state index >= 15 is 0 Å². The smallest absolute Gasteiger partial charge is 0.303 e. The third-order valence-electron chi connectivity index (χ3n) is 2.91. The Morgan fingerprint density at radius 3 is 3.04 bits per heavy atom. The van der Waals surface area contributed by atoms with Gasteiger partial charge in [-0.05, 0) is 18.6 Å². The summed E-state index contributed by atoms with van der Waals surface area (Å²) in [6, 6.07) is 3.42. The van der Waals surface area contributed by atoms with Gasteiger partial charge >= 0.3 is 5.97 Å². The number of amidine groups is 1. The van der Waals surface area contributed by atoms with Crippen LogP contribution in [0.25, 0.3) is 0 Å². The van der Waals surface area contributed by atoms with Gasteiger partial charge in [-0.25, -0.2) is 0 Å². The van der Waals surface area contributed by atoms with Crippen LogP contribution in [0.15, 0.2) is 33.0 Å². The topological polar surface area (TPSA) is 133 Å². The number of hydrogen-bond donors (Lipinski definition) is 3. The molecule has 0 bridgehead atoms. The number of carbonyl (C=O) groups excluding carboxylic acids is 2. The Labute approximate surface area is 141 Å². The summed E-state index contributed by atoms with van der Waals surface area (Å²) in [5.41, 5.74) is 0. The highest BCUT2D eigenvalue weighted by Gasteiger charge is 2.32. The van der Waals surface area contributed by atoms with Crippen molar-refractivity contribution in [3.63, 3.8) is 0 Å². The molecule has 1 atom stereocenters. The summed E-state index contributed by atoms with van der Waals surface area (Å²) in [6.45, 7) is 0.262. The SMILES string of the molecule is O=C(O)CCCNC(=O)CC1SC(=NN=Cc2ccco2)NC1=O. The molecule has 2 heterocycles. The zero-order chi connectivity index (χ0) is 17.4. The molecule has 0 spiro atoms. The normalized spacial score (nSPS) is 18.9. The fraction of sp³-hybridized carbons (Fsp3) is 0.357. The average Bonchev–Trinajstić information content (AvgIpc) is 3.14. The van der Waals surface area contributed by atoms with Gasteiger partial charge in [0.2, 0.25) is 11.8 Å². The first-order chi connectivity index (χ1) is 11.5. The van der Waals surface area contributed by atoms with Gasteiger partial charge in [0.15, 0.2) is 5.17 Å². The van der Waals surface area contributed by atoms with E-state index in [-0.39, 0.29) is 31.2 Å². The van der Waals surface area contributed by atoms with Crippen molar-refractivity contribution in [2.75, 3.05) is 6.54 Å². The molecule has 0 saturated carbocycles. The van der Waals surface area contributed by atoms with Crippen molar-refractivity contribution in [2.45, 2.75) is 24.5 Å². The predicted octanol–water partition coefficient (Wildman–Crippen LogP) is 0.572. The van der Waals surface area contributed by atoms with E-state index in [1.165, 1.54) is 12.5 Å². The molecule has 1 aliphatic rings. The third-order valence-corrected chi connectivity index (χ3v) is 3.99. The van der Waals surface area contributed by atoms with Gasteiger partial charge in [0.05, 0.1) is 12.5 Å². The number of carboxylic acid groups (broad SMARTS) is 1. The lowest BCUT2D eigenvalue weighted by atomic mass is 10.2. The molecule has 0 radical (unpaired) electrons. The van der Waals surface area contributed by atoms with Crippen LogP contribution in [-0.4, -0.2) is 46.1 Å². The number of nitrogens with one attached hydrogen (secondary N) is 2. The van der Waals surface area contributed by atoms with Gasteiger partial charge in [-0.2, -0.15) is 5.10 Å². The van der Waals surface area contributed by atoms with Gasteiger partial charge < -0.3 is 20.2 Å². The first-order valence-electron chi connectivity index (χ1n) is 7.15. The minimum atomic E-state index is -0.911. The van der Waals surface area contributed by atoms with Crippen molar-refractivity contribution in [2.24, 2.45) is 10.2 Å². The Kier molecular flexibility index (Phi) is 6.55. The molecule has 1 unspecified atom stereocenters. The Morgan fingerprint density at radius 1 is 1.50 bits per heavy atom. The summed E-state index contributed by atoms with van der Waals surface area (Å²) in [5, 5.41) is 21.0. The maximum absolute atomic E-state index is 11.8. The number of rotatable bonds is 8. The van der Waals surface area contributed by atoms with Crippen LogP contribution >= 0.6 is 11.8 Å². The highest BCUT2D eigenvalue weighted by Crippen LogP contribution is 2.22. The number of carbonyl (C=O) groups is 3. The van der Waals surface area contributed by atoms with Crippen LogP contribution in [0.5, 0.6) is 0 Å². The second kappa shape index (κ2) is 8.87. The number of furan rings is 1. The van der Waals surface area contributed by atoms with Gasteiger partial charge in [-0.1, -0.05) is 11.8 Å². The number of aliphatic carboxylic acids is 1. The molecule has 0 aliphatic carbocycles. The third kappa shape index (κ3) is 5.88. The van der Waals surface area contributed by atoms with Gasteiger partial charge in [0.25, 0.3) is 0 Å². The van der Waals surface area contributed by atoms with E-state index in [2.05, 4.69) is 20.8 Å². The monoisotopic (exact) mass is 352 g/mol. The molecular weight excluding hydrogens is 336 g/mol. The van der Waals surface area contributed by atoms with Gasteiger partial charge in [-0.3, -0.25) is 14.4 Å². The summed E-state index contributed by atoms with van der Waals surface area (Å²) in [4.78, 5) is 33.9. The number of amides is 2. The van der Waals surface area contributed by atoms with Crippen LogP contribution in [0.4, 0.5) is 0 Å². The maximum Gasteiger partial charge on any atom is 0.303 e. The molecule has 128 valence electrons. The van der Waals surface area contributed by atoms with Crippen molar-refractivity contribution in [1.82, 2.24) is 10.6 Å². The molecule has 1 aromatic heterocycles. The quantitative estimate of drug-likeness (QED) is 0.356. The maximum atomic E-state index is 11.8. The Morgan fingerprint density at radius 2 is 2.33 bits per heavy atom. The standard InChI is InChI=1S/C14H16N4O5S/c19-11(15-5-1-4-12(20)21)7-10-13(22)17-14(24-10)18-16-8-9-3-2-6-23-9/h2-3,6,8,10H,1,4-5,7H2,(H,15,19)(H,20,21)(H,17,18,22). The Balaban J connectivity index is 1.75. The number of nitrogens with zero attached hydrogens (tertiary/aromatic N) is 2. The first kappa shape index (κ1) is 17.7. The molecule has 24 heavy (non-hydrogen) atoms. The molecule has 9 nitrogen and oxygen atoms in total. The molecule has 1 aromatic rings. The van der Waals surface area contributed by atoms with Crippen LogP contribution in [-0.2, 0) is 14.4 Å². The van der Waals surface area contributed by atoms with Crippen molar-refractivity contribution in [1.29, 1.82) is 0 Å². The van der Waals surface area contributed by atoms with Crippen LogP contribution < -0.4 is 10.6 Å². The largest absolute Gasteiger partial charge is 0.481 e. The summed E-state index contributed by atoms with van der Waals surface area (Å²) >= 11 is 1.12. The number of hydrogen-bond acceptors (Lipinski definition) is 7. The predicted molar refractivity (Wildman–Crippen MR) is 87.8 cm³/mol. The molecule has 0 aromatic carbocycles. The molecule has 2 rings (SSSR count). The fourth-order valence-electron chi connectivity index (χ4n) is 1.80. The zero-order valence-corrected chi connectivity index (χ0v) is 13.4. The van der Waals surface area contributed by atoms with E-state index in [1.807, 2.05) is 0 Å². The van der Waals surface area contributed by atoms with E-state index in [4.69, 9.17) is 9.52 Å². The van der Waals surface area contributed by atoms with Crippen molar-refractivity contribution in [3.8, 4) is 0 Å². The fourth-order valence-corrected chi connectivity index (χ4v) is 2.72. The van der Waals surface area contributed by atoms with E-state index in [0.717, 1.165) is 11.8 Å². The second-order valence-electron chi connectivity index (χ2n) is 4.81. The molecule has 3 N–H and O–H groups in total. The Hall–Kier alpha value is -2.62. The second-order valence-corrected chi connectivity index (χ2v) is 6.00. The zero-order valence-electron chi connectivity index (χ0n) is 12.6. The van der Waals surface area contributed by atoms with Gasteiger partial charge in [-0.15, -0.1) is 5.10 Å². The van der Waals surface area contributed by atoms with Crippen molar-refractivity contribution >= 4 is 40.9 Å². The molecular formula is C14H16N4O5S. The summed E-state index contributed by atoms with van der Waals surface area (Å²) in [7, 11) is 0. The van der Waals surface area contributed by atoms with Crippen molar-refractivity contribution in [3.05, 3.63) is 24.2 Å². The lowest BCUT2D eigenvalue weighted by Gasteiger charge is -2.06. The van der Waals surface area contributed by atoms with Gasteiger partial charge in [0, 0.05) is 19.4 Å². The van der Waals surface area contributed by atoms with Crippen LogP contribution in [0.2, 0.25) is 0 Å². The summed E-state index contributed by atoms with van der Waals surface area (Å²) < 4.78 is 5.05. The van der Waals surface area contributed by atoms with Crippen LogP contribution in [0, 0.1) is 0 Å². The molecule has 1 aliphatic heterocycles. The van der Waals surface area contributed by atoms with Crippen LogP contribution in [0.3, 0.4) is 0 Å². The Bertz CT molecular complexity index is 656.